The lowest BCUT2D eigenvalue weighted by atomic mass is 10.2. The van der Waals surface area contributed by atoms with Crippen LogP contribution < -0.4 is 0 Å². The minimum Gasteiger partial charge on any atom is -0.392 e. The first-order valence-electron chi connectivity index (χ1n) is 7.25. The number of benzene rings is 1. The molecule has 1 saturated heterocycles. The van der Waals surface area contributed by atoms with Crippen LogP contribution in [0.4, 0.5) is 0 Å². The van der Waals surface area contributed by atoms with Gasteiger partial charge in [0, 0.05) is 19.1 Å². The zero-order chi connectivity index (χ0) is 15.5. The monoisotopic (exact) mass is 312 g/mol. The van der Waals surface area contributed by atoms with Crippen LogP contribution >= 0.6 is 0 Å². The lowest BCUT2D eigenvalue weighted by molar-refractivity contribution is 0.188. The van der Waals surface area contributed by atoms with E-state index >= 15 is 0 Å². The van der Waals surface area contributed by atoms with Crippen LogP contribution in [0.15, 0.2) is 30.3 Å². The van der Waals surface area contributed by atoms with E-state index in [4.69, 9.17) is 0 Å². The minimum atomic E-state index is -3.34. The Morgan fingerprint density at radius 3 is 2.57 bits per heavy atom. The summed E-state index contributed by atoms with van der Waals surface area (Å²) in [7, 11) is 0.493. The van der Waals surface area contributed by atoms with E-state index in [1.54, 1.807) is 0 Å². The quantitative estimate of drug-likeness (QED) is 0.834. The summed E-state index contributed by atoms with van der Waals surface area (Å²) < 4.78 is 26.6. The van der Waals surface area contributed by atoms with Gasteiger partial charge in [0.15, 0.2) is 0 Å². The van der Waals surface area contributed by atoms with E-state index < -0.39 is 16.1 Å². The first-order valence-corrected chi connectivity index (χ1v) is 8.85. The van der Waals surface area contributed by atoms with Gasteiger partial charge in [0.1, 0.15) is 0 Å². The summed E-state index contributed by atoms with van der Waals surface area (Å²) in [5.74, 6) is 0.0909. The summed E-state index contributed by atoms with van der Waals surface area (Å²) in [6.45, 7) is 0.858. The van der Waals surface area contributed by atoms with Crippen molar-refractivity contribution in [2.75, 3.05) is 32.9 Å². The first-order chi connectivity index (χ1) is 9.88. The third kappa shape index (κ3) is 4.51. The van der Waals surface area contributed by atoms with E-state index in [-0.39, 0.29) is 18.3 Å². The van der Waals surface area contributed by atoms with Crippen molar-refractivity contribution in [2.24, 2.45) is 0 Å². The third-order valence-electron chi connectivity index (χ3n) is 3.77. The van der Waals surface area contributed by atoms with Crippen molar-refractivity contribution in [2.45, 2.75) is 25.0 Å². The molecule has 0 radical (unpaired) electrons. The Morgan fingerprint density at radius 2 is 1.95 bits per heavy atom. The molecule has 0 saturated carbocycles. The topological polar surface area (TPSA) is 60.9 Å². The largest absolute Gasteiger partial charge is 0.392 e. The van der Waals surface area contributed by atoms with E-state index in [0.29, 0.717) is 19.4 Å². The van der Waals surface area contributed by atoms with E-state index in [9.17, 15) is 13.5 Å². The summed E-state index contributed by atoms with van der Waals surface area (Å²) in [6.07, 6.45) is 0.467. The Kier molecular flexibility index (Phi) is 5.37. The van der Waals surface area contributed by atoms with Crippen molar-refractivity contribution in [3.63, 3.8) is 0 Å². The average Bonchev–Trinajstić information content (AvgIpc) is 2.78. The summed E-state index contributed by atoms with van der Waals surface area (Å²) >= 11 is 0. The normalized spacial score (nSPS) is 23.8. The van der Waals surface area contributed by atoms with Crippen LogP contribution in [0.5, 0.6) is 0 Å². The summed E-state index contributed by atoms with van der Waals surface area (Å²) in [4.78, 5) is 1.96. The highest BCUT2D eigenvalue weighted by atomic mass is 32.2. The van der Waals surface area contributed by atoms with E-state index in [2.05, 4.69) is 0 Å². The number of likely N-dealkylation sites (N-methyl/N-ethyl adjacent to an activating group) is 1. The van der Waals surface area contributed by atoms with Gasteiger partial charge < -0.3 is 10.0 Å². The highest BCUT2D eigenvalue weighted by molar-refractivity contribution is 7.89. The molecule has 1 aliphatic heterocycles. The maximum Gasteiger partial charge on any atom is 0.214 e. The molecule has 1 aliphatic rings. The van der Waals surface area contributed by atoms with Gasteiger partial charge >= 0.3 is 0 Å². The Morgan fingerprint density at radius 1 is 1.29 bits per heavy atom. The molecule has 1 aromatic rings. The zero-order valence-corrected chi connectivity index (χ0v) is 13.5. The van der Waals surface area contributed by atoms with Gasteiger partial charge in [-0.1, -0.05) is 30.3 Å². The predicted octanol–water partition coefficient (Wildman–Crippen LogP) is 0.556. The number of aryl methyl sites for hydroxylation is 1. The molecule has 0 bridgehead atoms. The van der Waals surface area contributed by atoms with Crippen LogP contribution in [0.1, 0.15) is 12.0 Å². The second-order valence-corrected chi connectivity index (χ2v) is 7.97. The molecule has 2 atom stereocenters. The fourth-order valence-electron chi connectivity index (χ4n) is 2.80. The fourth-order valence-corrected chi connectivity index (χ4v) is 4.53. The summed E-state index contributed by atoms with van der Waals surface area (Å²) in [5.41, 5.74) is 1.02. The van der Waals surface area contributed by atoms with Crippen LogP contribution in [0.3, 0.4) is 0 Å². The molecule has 6 heteroatoms. The van der Waals surface area contributed by atoms with Crippen molar-refractivity contribution >= 4 is 10.0 Å². The van der Waals surface area contributed by atoms with Gasteiger partial charge in [-0.15, -0.1) is 0 Å². The lowest BCUT2D eigenvalue weighted by Crippen LogP contribution is -2.42. The fraction of sp³-hybridized carbons (Fsp3) is 0.600. The Balaban J connectivity index is 2.03. The Labute approximate surface area is 127 Å². The maximum absolute atomic E-state index is 12.5. The number of hydrogen-bond acceptors (Lipinski definition) is 4. The smallest absolute Gasteiger partial charge is 0.214 e. The molecule has 5 nitrogen and oxygen atoms in total. The molecule has 1 fully saturated rings. The van der Waals surface area contributed by atoms with Gasteiger partial charge in [-0.2, -0.15) is 4.31 Å². The Hall–Kier alpha value is -0.950. The van der Waals surface area contributed by atoms with Crippen LogP contribution in [0, 0.1) is 0 Å². The number of aliphatic hydroxyl groups is 1. The molecular formula is C15H24N2O3S. The van der Waals surface area contributed by atoms with Crippen LogP contribution in [-0.2, 0) is 16.4 Å². The molecule has 1 aromatic carbocycles. The SMILES string of the molecule is CN(C)CC1CC(O)CN1S(=O)(=O)CCc1ccccc1. The first kappa shape index (κ1) is 16.4. The summed E-state index contributed by atoms with van der Waals surface area (Å²) in [6, 6.07) is 9.49. The van der Waals surface area contributed by atoms with Crippen molar-refractivity contribution in [1.82, 2.24) is 9.21 Å². The van der Waals surface area contributed by atoms with Crippen LogP contribution in [0.25, 0.3) is 0 Å². The van der Waals surface area contributed by atoms with Crippen molar-refractivity contribution in [3.05, 3.63) is 35.9 Å². The number of hydrogen-bond donors (Lipinski definition) is 1. The number of aliphatic hydroxyl groups excluding tert-OH is 1. The summed E-state index contributed by atoms with van der Waals surface area (Å²) in [5, 5.41) is 9.81. The molecule has 21 heavy (non-hydrogen) atoms. The number of rotatable bonds is 6. The highest BCUT2D eigenvalue weighted by Gasteiger charge is 2.38. The minimum absolute atomic E-state index is 0.0909. The number of sulfonamides is 1. The van der Waals surface area contributed by atoms with Gasteiger partial charge in [0.05, 0.1) is 11.9 Å². The zero-order valence-electron chi connectivity index (χ0n) is 12.6. The van der Waals surface area contributed by atoms with Gasteiger partial charge in [-0.3, -0.25) is 0 Å². The van der Waals surface area contributed by atoms with E-state index in [1.807, 2.05) is 49.3 Å². The highest BCUT2D eigenvalue weighted by Crippen LogP contribution is 2.23. The molecule has 1 N–H and O–H groups in total. The van der Waals surface area contributed by atoms with Gasteiger partial charge in [0.25, 0.3) is 0 Å². The van der Waals surface area contributed by atoms with E-state index in [1.165, 1.54) is 4.31 Å². The van der Waals surface area contributed by atoms with E-state index in [0.717, 1.165) is 5.56 Å². The van der Waals surface area contributed by atoms with Gasteiger partial charge in [0.2, 0.25) is 10.0 Å². The van der Waals surface area contributed by atoms with Crippen molar-refractivity contribution in [1.29, 1.82) is 0 Å². The number of β-amino-alcohol motifs (C(OH)–C–C–N with tert-alkyl or cyclic N) is 1. The molecule has 2 rings (SSSR count). The molecule has 0 amide bonds. The molecule has 0 aromatic heterocycles. The molecule has 2 unspecified atom stereocenters. The van der Waals surface area contributed by atoms with Crippen LogP contribution in [-0.4, -0.2) is 67.8 Å². The van der Waals surface area contributed by atoms with Crippen molar-refractivity contribution in [3.8, 4) is 0 Å². The van der Waals surface area contributed by atoms with Gasteiger partial charge in [-0.05, 0) is 32.5 Å². The molecular weight excluding hydrogens is 288 g/mol. The van der Waals surface area contributed by atoms with Gasteiger partial charge in [-0.25, -0.2) is 8.42 Å². The van der Waals surface area contributed by atoms with Crippen molar-refractivity contribution < 1.29 is 13.5 Å². The maximum atomic E-state index is 12.5. The molecule has 118 valence electrons. The number of nitrogens with zero attached hydrogens (tertiary/aromatic N) is 2. The molecule has 0 spiro atoms. The van der Waals surface area contributed by atoms with Crippen LogP contribution in [0.2, 0.25) is 0 Å². The second kappa shape index (κ2) is 6.87. The predicted molar refractivity (Wildman–Crippen MR) is 83.6 cm³/mol. The Bertz CT molecular complexity index is 545. The lowest BCUT2D eigenvalue weighted by Gasteiger charge is -2.26. The third-order valence-corrected chi connectivity index (χ3v) is 5.65. The standard InChI is InChI=1S/C15H24N2O3S/c1-16(2)11-14-10-15(18)12-17(14)21(19,20)9-8-13-6-4-3-5-7-13/h3-7,14-15,18H,8-12H2,1-2H3. The molecule has 1 heterocycles. The second-order valence-electron chi connectivity index (χ2n) is 5.93. The average molecular weight is 312 g/mol. The molecule has 0 aliphatic carbocycles.